The zero-order valence-electron chi connectivity index (χ0n) is 19.0. The number of aromatic nitrogens is 1. The molecule has 0 bridgehead atoms. The Kier molecular flexibility index (Phi) is 7.72. The van der Waals surface area contributed by atoms with Crippen LogP contribution in [0.15, 0.2) is 0 Å². The number of amides is 1. The van der Waals surface area contributed by atoms with Crippen molar-refractivity contribution in [3.63, 3.8) is 0 Å². The third kappa shape index (κ3) is 5.65. The van der Waals surface area contributed by atoms with E-state index in [1.54, 1.807) is 20.8 Å². The summed E-state index contributed by atoms with van der Waals surface area (Å²) < 4.78 is 10.3. The Morgan fingerprint density at radius 2 is 1.68 bits per heavy atom. The number of piperazine rings is 1. The quantitative estimate of drug-likeness (QED) is 0.567. The van der Waals surface area contributed by atoms with Crippen LogP contribution in [0.2, 0.25) is 0 Å². The predicted molar refractivity (Wildman–Crippen MR) is 115 cm³/mol. The molecule has 2 heterocycles. The summed E-state index contributed by atoms with van der Waals surface area (Å²) in [7, 11) is 0. The topological polar surface area (TPSA) is 104 Å². The summed E-state index contributed by atoms with van der Waals surface area (Å²) in [6.07, 6.45) is 2.16. The van der Waals surface area contributed by atoms with Crippen LogP contribution in [0.1, 0.15) is 65.7 Å². The number of rotatable bonds is 9. The molecule has 0 radical (unpaired) electrons. The van der Waals surface area contributed by atoms with Gasteiger partial charge in [-0.1, -0.05) is 0 Å². The fourth-order valence-corrected chi connectivity index (χ4v) is 3.91. The minimum atomic E-state index is -0.475. The zero-order valence-corrected chi connectivity index (χ0v) is 19.0. The van der Waals surface area contributed by atoms with Gasteiger partial charge in [0.1, 0.15) is 5.69 Å². The first kappa shape index (κ1) is 23.3. The molecule has 1 amide bonds. The van der Waals surface area contributed by atoms with Gasteiger partial charge in [0.25, 0.3) is 0 Å². The van der Waals surface area contributed by atoms with Gasteiger partial charge in [0, 0.05) is 44.5 Å². The smallest absolute Gasteiger partial charge is 0.355 e. The van der Waals surface area contributed by atoms with Crippen LogP contribution in [-0.4, -0.2) is 84.1 Å². The summed E-state index contributed by atoms with van der Waals surface area (Å²) in [5.41, 5.74) is 1.91. The van der Waals surface area contributed by atoms with E-state index in [-0.39, 0.29) is 25.2 Å². The molecule has 2 aliphatic rings. The van der Waals surface area contributed by atoms with Gasteiger partial charge in [-0.05, 0) is 46.1 Å². The largest absolute Gasteiger partial charge is 0.462 e. The molecule has 2 fully saturated rings. The lowest BCUT2D eigenvalue weighted by Crippen LogP contribution is -2.53. The molecule has 0 aromatic carbocycles. The van der Waals surface area contributed by atoms with E-state index in [1.807, 2.05) is 6.92 Å². The summed E-state index contributed by atoms with van der Waals surface area (Å²) in [4.78, 5) is 44.7. The van der Waals surface area contributed by atoms with Crippen molar-refractivity contribution < 1.29 is 23.9 Å². The molecule has 1 aliphatic heterocycles. The van der Waals surface area contributed by atoms with Crippen molar-refractivity contribution in [1.29, 1.82) is 0 Å². The first-order chi connectivity index (χ1) is 14.8. The second kappa shape index (κ2) is 10.3. The minimum absolute atomic E-state index is 0.0969. The molecule has 2 N–H and O–H groups in total. The maximum atomic E-state index is 12.6. The molecule has 31 heavy (non-hydrogen) atoms. The minimum Gasteiger partial charge on any atom is -0.462 e. The number of aromatic amines is 1. The number of carbonyl (C=O) groups excluding carboxylic acids is 3. The SMILES string of the molecule is CCOC(=O)c1[nH]c(CN2CCN([C@H](C)C(=O)NC3CC3)CC2)c(C(=O)OCC)c1C. The monoisotopic (exact) mass is 434 g/mol. The molecule has 1 aromatic heterocycles. The molecule has 172 valence electrons. The summed E-state index contributed by atoms with van der Waals surface area (Å²) in [5.74, 6) is -0.817. The van der Waals surface area contributed by atoms with Gasteiger partial charge < -0.3 is 19.8 Å². The number of nitrogens with zero attached hydrogens (tertiary/aromatic N) is 2. The Balaban J connectivity index is 1.66. The molecule has 0 unspecified atom stereocenters. The highest BCUT2D eigenvalue weighted by atomic mass is 16.5. The van der Waals surface area contributed by atoms with Crippen LogP contribution in [0.5, 0.6) is 0 Å². The number of hydrogen-bond acceptors (Lipinski definition) is 7. The number of ether oxygens (including phenoxy) is 2. The van der Waals surface area contributed by atoms with Gasteiger partial charge in [-0.3, -0.25) is 14.6 Å². The lowest BCUT2D eigenvalue weighted by molar-refractivity contribution is -0.126. The van der Waals surface area contributed by atoms with Crippen LogP contribution >= 0.6 is 0 Å². The average molecular weight is 435 g/mol. The van der Waals surface area contributed by atoms with E-state index in [9.17, 15) is 14.4 Å². The summed E-state index contributed by atoms with van der Waals surface area (Å²) in [6.45, 7) is 11.2. The number of esters is 2. The second-order valence-electron chi connectivity index (χ2n) is 8.19. The molecule has 1 aromatic rings. The molecular formula is C22H34N4O5. The van der Waals surface area contributed by atoms with E-state index in [4.69, 9.17) is 9.47 Å². The maximum Gasteiger partial charge on any atom is 0.355 e. The summed E-state index contributed by atoms with van der Waals surface area (Å²) in [5, 5.41) is 3.07. The van der Waals surface area contributed by atoms with Gasteiger partial charge in [0.15, 0.2) is 0 Å². The molecule has 1 saturated carbocycles. The van der Waals surface area contributed by atoms with E-state index in [0.29, 0.717) is 35.1 Å². The number of hydrogen-bond donors (Lipinski definition) is 2. The van der Waals surface area contributed by atoms with Crippen molar-refractivity contribution in [3.8, 4) is 0 Å². The van der Waals surface area contributed by atoms with E-state index < -0.39 is 11.9 Å². The lowest BCUT2D eigenvalue weighted by atomic mass is 10.1. The molecule has 9 heteroatoms. The highest BCUT2D eigenvalue weighted by Crippen LogP contribution is 2.23. The molecule has 1 aliphatic carbocycles. The number of nitrogens with one attached hydrogen (secondary N) is 2. The average Bonchev–Trinajstić information content (AvgIpc) is 3.49. The molecule has 1 atom stereocenters. The van der Waals surface area contributed by atoms with Gasteiger partial charge >= 0.3 is 11.9 Å². The van der Waals surface area contributed by atoms with Crippen molar-refractivity contribution in [2.75, 3.05) is 39.4 Å². The molecule has 3 rings (SSSR count). The zero-order chi connectivity index (χ0) is 22.5. The van der Waals surface area contributed by atoms with E-state index >= 15 is 0 Å². The van der Waals surface area contributed by atoms with Crippen molar-refractivity contribution in [2.24, 2.45) is 0 Å². The molecule has 9 nitrogen and oxygen atoms in total. The third-order valence-corrected chi connectivity index (χ3v) is 5.93. The van der Waals surface area contributed by atoms with Crippen molar-refractivity contribution >= 4 is 17.8 Å². The van der Waals surface area contributed by atoms with E-state index in [2.05, 4.69) is 20.1 Å². The van der Waals surface area contributed by atoms with Gasteiger partial charge in [-0.2, -0.15) is 0 Å². The normalized spacial score (nSPS) is 18.5. The van der Waals surface area contributed by atoms with Crippen LogP contribution in [0.4, 0.5) is 0 Å². The highest BCUT2D eigenvalue weighted by Gasteiger charge is 2.31. The predicted octanol–water partition coefficient (Wildman–Crippen LogP) is 1.46. The van der Waals surface area contributed by atoms with Crippen LogP contribution in [0.3, 0.4) is 0 Å². The van der Waals surface area contributed by atoms with Crippen molar-refractivity contribution in [3.05, 3.63) is 22.5 Å². The van der Waals surface area contributed by atoms with Crippen molar-refractivity contribution in [2.45, 2.75) is 59.2 Å². The van der Waals surface area contributed by atoms with Gasteiger partial charge in [-0.15, -0.1) is 0 Å². The lowest BCUT2D eigenvalue weighted by Gasteiger charge is -2.37. The molecule has 0 spiro atoms. The van der Waals surface area contributed by atoms with Gasteiger partial charge in [0.05, 0.1) is 24.8 Å². The Morgan fingerprint density at radius 3 is 2.26 bits per heavy atom. The first-order valence-electron chi connectivity index (χ1n) is 11.2. The van der Waals surface area contributed by atoms with Gasteiger partial charge in [-0.25, -0.2) is 9.59 Å². The highest BCUT2D eigenvalue weighted by molar-refractivity contribution is 5.98. The Hall–Kier alpha value is -2.39. The first-order valence-corrected chi connectivity index (χ1v) is 11.2. The van der Waals surface area contributed by atoms with Crippen LogP contribution in [-0.2, 0) is 20.8 Å². The van der Waals surface area contributed by atoms with E-state index in [0.717, 1.165) is 39.0 Å². The fraction of sp³-hybridized carbons (Fsp3) is 0.682. The van der Waals surface area contributed by atoms with Crippen LogP contribution in [0.25, 0.3) is 0 Å². The molecular weight excluding hydrogens is 400 g/mol. The van der Waals surface area contributed by atoms with Crippen LogP contribution < -0.4 is 5.32 Å². The fourth-order valence-electron chi connectivity index (χ4n) is 3.91. The maximum absolute atomic E-state index is 12.6. The Bertz CT molecular complexity index is 809. The van der Waals surface area contributed by atoms with Crippen LogP contribution in [0, 0.1) is 6.92 Å². The number of H-pyrrole nitrogens is 1. The second-order valence-corrected chi connectivity index (χ2v) is 8.19. The third-order valence-electron chi connectivity index (χ3n) is 5.93. The summed E-state index contributed by atoms with van der Waals surface area (Å²) in [6, 6.07) is 0.211. The number of carbonyl (C=O) groups is 3. The molecule has 1 saturated heterocycles. The Labute approximate surface area is 183 Å². The Morgan fingerprint density at radius 1 is 1.06 bits per heavy atom. The van der Waals surface area contributed by atoms with Crippen molar-refractivity contribution in [1.82, 2.24) is 20.1 Å². The van der Waals surface area contributed by atoms with E-state index in [1.165, 1.54) is 0 Å². The summed E-state index contributed by atoms with van der Waals surface area (Å²) >= 11 is 0. The van der Waals surface area contributed by atoms with Gasteiger partial charge in [0.2, 0.25) is 5.91 Å². The standard InChI is InChI=1S/C22H34N4O5/c1-5-30-21(28)18-14(3)19(22(29)31-6-2)24-17(18)13-25-9-11-26(12-10-25)15(4)20(27)23-16-7-8-16/h15-16,24H,5-13H2,1-4H3,(H,23,27)/t15-/m1/s1.